The van der Waals surface area contributed by atoms with Gasteiger partial charge in [-0.1, -0.05) is 5.92 Å². The predicted octanol–water partition coefficient (Wildman–Crippen LogP) is 0.456. The second kappa shape index (κ2) is 15.5. The molecule has 0 spiro atoms. The van der Waals surface area contributed by atoms with Crippen molar-refractivity contribution in [1.82, 2.24) is 10.6 Å². The average Bonchev–Trinajstić information content (AvgIpc) is 2.30. The number of terminal acetylenes is 1. The molecule has 0 saturated heterocycles. The first-order valence-electron chi connectivity index (χ1n) is 5.37. The summed E-state index contributed by atoms with van der Waals surface area (Å²) in [5.74, 6) is 3.21. The Morgan fingerprint density at radius 2 is 2.06 bits per heavy atom. The van der Waals surface area contributed by atoms with Crippen LogP contribution in [0.4, 0.5) is 0 Å². The number of rotatable bonds is 8. The molecule has 0 aromatic rings. The normalized spacial score (nSPS) is 10.3. The second-order valence-corrected chi connectivity index (χ2v) is 2.92. The molecule has 0 aromatic carbocycles. The molecule has 0 saturated carbocycles. The molecule has 100 valence electrons. The van der Waals surface area contributed by atoms with Crippen molar-refractivity contribution in [3.8, 4) is 12.3 Å². The molecule has 0 heterocycles. The van der Waals surface area contributed by atoms with E-state index in [0.717, 1.165) is 12.5 Å². The second-order valence-electron chi connectivity index (χ2n) is 2.92. The molecular weight excluding hydrogens is 333 g/mol. The van der Waals surface area contributed by atoms with Crippen LogP contribution in [-0.2, 0) is 9.47 Å². The number of guanidine groups is 1. The van der Waals surface area contributed by atoms with Gasteiger partial charge in [-0.15, -0.1) is 30.4 Å². The van der Waals surface area contributed by atoms with Crippen LogP contribution in [0, 0.1) is 12.3 Å². The van der Waals surface area contributed by atoms with Crippen molar-refractivity contribution in [2.24, 2.45) is 4.99 Å². The van der Waals surface area contributed by atoms with E-state index in [1.54, 1.807) is 7.11 Å². The Morgan fingerprint density at radius 3 is 2.65 bits per heavy atom. The van der Waals surface area contributed by atoms with E-state index < -0.39 is 0 Å². The van der Waals surface area contributed by atoms with Gasteiger partial charge in [-0.3, -0.25) is 4.99 Å². The molecule has 0 unspecified atom stereocenters. The van der Waals surface area contributed by atoms with Gasteiger partial charge < -0.3 is 20.1 Å². The largest absolute Gasteiger partial charge is 0.382 e. The van der Waals surface area contributed by atoms with Crippen molar-refractivity contribution in [1.29, 1.82) is 0 Å². The van der Waals surface area contributed by atoms with E-state index >= 15 is 0 Å². The highest BCUT2D eigenvalue weighted by molar-refractivity contribution is 14.0. The lowest BCUT2D eigenvalue weighted by atomic mass is 10.6. The number of halogens is 1. The number of hydrogen-bond donors (Lipinski definition) is 2. The zero-order valence-electron chi connectivity index (χ0n) is 10.5. The van der Waals surface area contributed by atoms with E-state index in [4.69, 9.17) is 15.9 Å². The maximum Gasteiger partial charge on any atom is 0.192 e. The fraction of sp³-hybridized carbons (Fsp3) is 0.727. The maximum absolute atomic E-state index is 5.28. The minimum absolute atomic E-state index is 0. The van der Waals surface area contributed by atoms with Crippen LogP contribution >= 0.6 is 24.0 Å². The van der Waals surface area contributed by atoms with Crippen molar-refractivity contribution in [3.63, 3.8) is 0 Å². The van der Waals surface area contributed by atoms with Crippen LogP contribution in [0.1, 0.15) is 6.92 Å². The summed E-state index contributed by atoms with van der Waals surface area (Å²) >= 11 is 0. The van der Waals surface area contributed by atoms with Crippen molar-refractivity contribution in [3.05, 3.63) is 0 Å². The fourth-order valence-corrected chi connectivity index (χ4v) is 0.943. The van der Waals surface area contributed by atoms with Gasteiger partial charge in [0, 0.05) is 13.7 Å². The Kier molecular flexibility index (Phi) is 17.2. The van der Waals surface area contributed by atoms with Crippen LogP contribution in [0.15, 0.2) is 4.99 Å². The Balaban J connectivity index is 0. The maximum atomic E-state index is 5.28. The molecule has 0 fully saturated rings. The number of methoxy groups -OCH3 is 1. The smallest absolute Gasteiger partial charge is 0.192 e. The van der Waals surface area contributed by atoms with Crippen molar-refractivity contribution < 1.29 is 9.47 Å². The molecule has 0 bridgehead atoms. The number of nitrogens with one attached hydrogen (secondary N) is 2. The molecule has 0 amide bonds. The lowest BCUT2D eigenvalue weighted by molar-refractivity contribution is 0.0748. The Morgan fingerprint density at radius 1 is 1.29 bits per heavy atom. The van der Waals surface area contributed by atoms with Crippen LogP contribution in [0.3, 0.4) is 0 Å². The average molecular weight is 355 g/mol. The van der Waals surface area contributed by atoms with Gasteiger partial charge in [-0.25, -0.2) is 0 Å². The van der Waals surface area contributed by atoms with Gasteiger partial charge in [-0.2, -0.15) is 0 Å². The third-order valence-corrected chi connectivity index (χ3v) is 1.64. The van der Waals surface area contributed by atoms with Crippen LogP contribution in [0.5, 0.6) is 0 Å². The zero-order valence-corrected chi connectivity index (χ0v) is 12.8. The topological polar surface area (TPSA) is 54.9 Å². The number of ether oxygens (including phenoxy) is 2. The summed E-state index contributed by atoms with van der Waals surface area (Å²) < 4.78 is 10.1. The molecule has 0 aromatic heterocycles. The molecule has 0 atom stereocenters. The summed E-state index contributed by atoms with van der Waals surface area (Å²) in [5.41, 5.74) is 0. The third-order valence-electron chi connectivity index (χ3n) is 1.64. The van der Waals surface area contributed by atoms with Crippen molar-refractivity contribution in [2.45, 2.75) is 6.92 Å². The van der Waals surface area contributed by atoms with E-state index in [2.05, 4.69) is 21.5 Å². The molecule has 2 N–H and O–H groups in total. The molecule has 17 heavy (non-hydrogen) atoms. The van der Waals surface area contributed by atoms with E-state index in [9.17, 15) is 0 Å². The molecule has 0 aliphatic carbocycles. The highest BCUT2D eigenvalue weighted by Gasteiger charge is 1.94. The molecule has 6 heteroatoms. The monoisotopic (exact) mass is 355 g/mol. The predicted molar refractivity (Wildman–Crippen MR) is 80.9 cm³/mol. The summed E-state index contributed by atoms with van der Waals surface area (Å²) in [7, 11) is 1.65. The van der Waals surface area contributed by atoms with Crippen molar-refractivity contribution >= 4 is 29.9 Å². The van der Waals surface area contributed by atoms with Crippen LogP contribution < -0.4 is 10.6 Å². The van der Waals surface area contributed by atoms with Gasteiger partial charge in [0.25, 0.3) is 0 Å². The highest BCUT2D eigenvalue weighted by atomic mass is 127. The standard InChI is InChI=1S/C11H21N3O2.HI/c1-4-6-13-11(12-5-2)14-7-8-16-10-9-15-3;/h1H,5-10H2,2-3H3,(H2,12,13,14);1H. The Hall–Kier alpha value is -0.520. The van der Waals surface area contributed by atoms with Crippen molar-refractivity contribution in [2.75, 3.05) is 46.6 Å². The minimum atomic E-state index is 0. The van der Waals surface area contributed by atoms with E-state index in [0.29, 0.717) is 32.9 Å². The van der Waals surface area contributed by atoms with Crippen LogP contribution in [0.25, 0.3) is 0 Å². The summed E-state index contributed by atoms with van der Waals surface area (Å²) in [4.78, 5) is 4.28. The minimum Gasteiger partial charge on any atom is -0.382 e. The quantitative estimate of drug-likeness (QED) is 0.218. The van der Waals surface area contributed by atoms with E-state index in [1.807, 2.05) is 6.92 Å². The van der Waals surface area contributed by atoms with Gasteiger partial charge >= 0.3 is 0 Å². The first-order chi connectivity index (χ1) is 7.85. The molecular formula is C11H22IN3O2. The molecule has 0 aliphatic heterocycles. The number of aliphatic imine (C=N–C) groups is 1. The summed E-state index contributed by atoms with van der Waals surface area (Å²) in [6, 6.07) is 0. The third kappa shape index (κ3) is 13.4. The lowest BCUT2D eigenvalue weighted by Gasteiger charge is -2.08. The SMILES string of the molecule is C#CCNC(=NCCOCCOC)NCC.I. The van der Waals surface area contributed by atoms with Gasteiger partial charge in [-0.05, 0) is 6.92 Å². The highest BCUT2D eigenvalue weighted by Crippen LogP contribution is 1.79. The number of hydrogen-bond acceptors (Lipinski definition) is 3. The van der Waals surface area contributed by atoms with E-state index in [1.165, 1.54) is 0 Å². The zero-order chi connectivity index (χ0) is 12.1. The molecule has 5 nitrogen and oxygen atoms in total. The molecule has 0 rings (SSSR count). The van der Waals surface area contributed by atoms with Gasteiger partial charge in [0.2, 0.25) is 0 Å². The van der Waals surface area contributed by atoms with Crippen LogP contribution in [0.2, 0.25) is 0 Å². The summed E-state index contributed by atoms with van der Waals surface area (Å²) in [5, 5.41) is 6.08. The van der Waals surface area contributed by atoms with E-state index in [-0.39, 0.29) is 24.0 Å². The molecule has 0 radical (unpaired) electrons. The van der Waals surface area contributed by atoms with Crippen LogP contribution in [-0.4, -0.2) is 52.5 Å². The van der Waals surface area contributed by atoms with Gasteiger partial charge in [0.1, 0.15) is 0 Å². The fourth-order valence-electron chi connectivity index (χ4n) is 0.943. The summed E-state index contributed by atoms with van der Waals surface area (Å²) in [6.07, 6.45) is 5.15. The van der Waals surface area contributed by atoms with Gasteiger partial charge in [0.05, 0.1) is 32.9 Å². The Labute approximate surface area is 121 Å². The number of nitrogens with zero attached hydrogens (tertiary/aromatic N) is 1. The lowest BCUT2D eigenvalue weighted by Crippen LogP contribution is -2.37. The Bertz CT molecular complexity index is 229. The molecule has 0 aliphatic rings. The first kappa shape index (κ1) is 18.8. The summed E-state index contributed by atoms with van der Waals surface area (Å²) in [6.45, 7) is 5.67. The first-order valence-corrected chi connectivity index (χ1v) is 5.37. The van der Waals surface area contributed by atoms with Gasteiger partial charge in [0.15, 0.2) is 5.96 Å².